The van der Waals surface area contributed by atoms with E-state index in [-0.39, 0.29) is 0 Å². The van der Waals surface area contributed by atoms with Gasteiger partial charge in [0.1, 0.15) is 0 Å². The molecule has 31 heavy (non-hydrogen) atoms. The van der Waals surface area contributed by atoms with Crippen LogP contribution >= 0.6 is 0 Å². The van der Waals surface area contributed by atoms with Crippen LogP contribution in [0.3, 0.4) is 0 Å². The van der Waals surface area contributed by atoms with E-state index in [1.165, 1.54) is 12.1 Å². The van der Waals surface area contributed by atoms with E-state index in [1.54, 1.807) is 24.3 Å². The van der Waals surface area contributed by atoms with Gasteiger partial charge in [-0.2, -0.15) is 33.6 Å². The molecule has 0 aliphatic carbocycles. The van der Waals surface area contributed by atoms with E-state index in [0.29, 0.717) is 17.1 Å². The van der Waals surface area contributed by atoms with E-state index in [1.807, 2.05) is 24.3 Å². The number of anilines is 1. The highest BCUT2D eigenvalue weighted by atomic mass is 19.4. The third-order valence-electron chi connectivity index (χ3n) is 4.58. The van der Waals surface area contributed by atoms with Crippen molar-refractivity contribution in [3.05, 3.63) is 78.4 Å². The first-order valence-electron chi connectivity index (χ1n) is 9.85. The van der Waals surface area contributed by atoms with E-state index in [0.717, 1.165) is 36.6 Å². The van der Waals surface area contributed by atoms with Crippen molar-refractivity contribution >= 4 is 28.4 Å². The fraction of sp³-hybridized carbons (Fsp3) is 0.217. The molecule has 0 aliphatic heterocycles. The van der Waals surface area contributed by atoms with Crippen molar-refractivity contribution in [2.75, 3.05) is 18.0 Å². The van der Waals surface area contributed by atoms with Crippen LogP contribution in [0.5, 0.6) is 0 Å². The summed E-state index contributed by atoms with van der Waals surface area (Å²) in [5.74, 6) is 0. The third kappa shape index (κ3) is 6.21. The summed E-state index contributed by atoms with van der Waals surface area (Å²) in [5, 5.41) is 16.5. The molecule has 8 heteroatoms. The second-order valence-electron chi connectivity index (χ2n) is 6.65. The van der Waals surface area contributed by atoms with Gasteiger partial charge in [0.2, 0.25) is 0 Å². The lowest BCUT2D eigenvalue weighted by Gasteiger charge is -2.20. The number of halogens is 3. The zero-order chi connectivity index (χ0) is 22.3. The Morgan fingerprint density at radius 2 is 0.903 bits per heavy atom. The van der Waals surface area contributed by atoms with Gasteiger partial charge in [0, 0.05) is 18.8 Å². The summed E-state index contributed by atoms with van der Waals surface area (Å²) >= 11 is 0. The lowest BCUT2D eigenvalue weighted by atomic mass is 10.2. The monoisotopic (exact) mass is 425 g/mol. The molecule has 5 nitrogen and oxygen atoms in total. The van der Waals surface area contributed by atoms with Gasteiger partial charge in [0.05, 0.1) is 28.3 Å². The normalized spacial score (nSPS) is 12.0. The molecule has 0 aliphatic rings. The Balaban J connectivity index is 1.61. The minimum absolute atomic E-state index is 0.338. The highest BCUT2D eigenvalue weighted by Gasteiger charge is 2.29. The van der Waals surface area contributed by atoms with Crippen molar-refractivity contribution < 1.29 is 13.2 Å². The third-order valence-corrected chi connectivity index (χ3v) is 4.58. The first-order chi connectivity index (χ1) is 14.9. The van der Waals surface area contributed by atoms with Crippen LogP contribution in [0.15, 0.2) is 93.3 Å². The molecule has 0 aromatic heterocycles. The molecular weight excluding hydrogens is 403 g/mol. The quantitative estimate of drug-likeness (QED) is 0.351. The minimum atomic E-state index is -4.37. The van der Waals surface area contributed by atoms with Crippen LogP contribution in [0, 0.1) is 0 Å². The first kappa shape index (κ1) is 22.1. The van der Waals surface area contributed by atoms with Gasteiger partial charge in [0.15, 0.2) is 0 Å². The molecule has 0 saturated carbocycles. The zero-order valence-corrected chi connectivity index (χ0v) is 17.2. The van der Waals surface area contributed by atoms with Gasteiger partial charge in [-0.1, -0.05) is 0 Å². The van der Waals surface area contributed by atoms with Crippen LogP contribution in [0.2, 0.25) is 0 Å². The molecule has 0 N–H and O–H groups in total. The molecule has 0 unspecified atom stereocenters. The Hall–Kier alpha value is -3.55. The summed E-state index contributed by atoms with van der Waals surface area (Å²) < 4.78 is 37.8. The Morgan fingerprint density at radius 3 is 1.23 bits per heavy atom. The molecule has 0 atom stereocenters. The Bertz CT molecular complexity index is 1020. The average Bonchev–Trinajstić information content (AvgIpc) is 2.78. The Kier molecular flexibility index (Phi) is 7.12. The molecular formula is C23H22F3N5. The summed E-state index contributed by atoms with van der Waals surface area (Å²) in [5.41, 5.74) is 2.73. The SMILES string of the molecule is CCN(CC)c1ccc(N=Nc2ccc(N=Nc3ccc(C(F)(F)F)cc3)cc2)cc1. The van der Waals surface area contributed by atoms with Crippen LogP contribution in [0.1, 0.15) is 19.4 Å². The minimum Gasteiger partial charge on any atom is -0.372 e. The van der Waals surface area contributed by atoms with Gasteiger partial charge < -0.3 is 4.90 Å². The van der Waals surface area contributed by atoms with Crippen molar-refractivity contribution in [2.24, 2.45) is 20.5 Å². The second-order valence-corrected chi connectivity index (χ2v) is 6.65. The molecule has 0 amide bonds. The number of hydrogen-bond acceptors (Lipinski definition) is 5. The molecule has 0 radical (unpaired) electrons. The summed E-state index contributed by atoms with van der Waals surface area (Å²) in [7, 11) is 0. The average molecular weight is 425 g/mol. The predicted molar refractivity (Wildman–Crippen MR) is 116 cm³/mol. The maximum atomic E-state index is 12.6. The molecule has 3 rings (SSSR count). The zero-order valence-electron chi connectivity index (χ0n) is 17.2. The summed E-state index contributed by atoms with van der Waals surface area (Å²) in [6.45, 7) is 6.12. The number of benzene rings is 3. The van der Waals surface area contributed by atoms with Gasteiger partial charge in [-0.15, -0.1) is 0 Å². The second kappa shape index (κ2) is 9.97. The molecule has 3 aromatic rings. The molecule has 0 fully saturated rings. The topological polar surface area (TPSA) is 52.7 Å². The number of rotatable bonds is 7. The molecule has 0 heterocycles. The maximum absolute atomic E-state index is 12.6. The molecule has 0 bridgehead atoms. The van der Waals surface area contributed by atoms with E-state index < -0.39 is 11.7 Å². The summed E-state index contributed by atoms with van der Waals surface area (Å²) in [6, 6.07) is 19.3. The highest BCUT2D eigenvalue weighted by molar-refractivity contribution is 5.53. The van der Waals surface area contributed by atoms with Gasteiger partial charge in [0.25, 0.3) is 0 Å². The van der Waals surface area contributed by atoms with Gasteiger partial charge >= 0.3 is 6.18 Å². The lowest BCUT2D eigenvalue weighted by molar-refractivity contribution is -0.137. The smallest absolute Gasteiger partial charge is 0.372 e. The Morgan fingerprint density at radius 1 is 0.581 bits per heavy atom. The van der Waals surface area contributed by atoms with E-state index >= 15 is 0 Å². The number of alkyl halides is 3. The fourth-order valence-corrected chi connectivity index (χ4v) is 2.85. The number of hydrogen-bond donors (Lipinski definition) is 0. The number of azo groups is 2. The van der Waals surface area contributed by atoms with Crippen LogP contribution in [0.25, 0.3) is 0 Å². The Labute approximate surface area is 179 Å². The summed E-state index contributed by atoms with van der Waals surface area (Å²) in [4.78, 5) is 2.25. The largest absolute Gasteiger partial charge is 0.416 e. The van der Waals surface area contributed by atoms with E-state index in [2.05, 4.69) is 39.2 Å². The number of nitrogens with zero attached hydrogens (tertiary/aromatic N) is 5. The van der Waals surface area contributed by atoms with Gasteiger partial charge in [-0.3, -0.25) is 0 Å². The van der Waals surface area contributed by atoms with E-state index in [9.17, 15) is 13.2 Å². The molecule has 0 spiro atoms. The van der Waals surface area contributed by atoms with Crippen LogP contribution in [-0.4, -0.2) is 13.1 Å². The molecule has 160 valence electrons. The van der Waals surface area contributed by atoms with Gasteiger partial charge in [-0.25, -0.2) is 0 Å². The van der Waals surface area contributed by atoms with Crippen LogP contribution in [0.4, 0.5) is 41.6 Å². The van der Waals surface area contributed by atoms with Crippen LogP contribution < -0.4 is 4.90 Å². The van der Waals surface area contributed by atoms with Crippen molar-refractivity contribution in [1.29, 1.82) is 0 Å². The van der Waals surface area contributed by atoms with Crippen molar-refractivity contribution in [1.82, 2.24) is 0 Å². The standard InChI is InChI=1S/C23H22F3N5/c1-3-31(4-2)22-15-13-21(14-16-22)30-29-20-11-9-19(10-12-20)28-27-18-7-5-17(6-8-18)23(24,25)26/h5-16H,3-4H2,1-2H3. The lowest BCUT2D eigenvalue weighted by Crippen LogP contribution is -2.21. The highest BCUT2D eigenvalue weighted by Crippen LogP contribution is 2.31. The van der Waals surface area contributed by atoms with Gasteiger partial charge in [-0.05, 0) is 86.6 Å². The molecule has 3 aromatic carbocycles. The first-order valence-corrected chi connectivity index (χ1v) is 9.85. The van der Waals surface area contributed by atoms with Crippen LogP contribution in [-0.2, 0) is 6.18 Å². The fourth-order valence-electron chi connectivity index (χ4n) is 2.85. The van der Waals surface area contributed by atoms with Crippen molar-refractivity contribution in [3.63, 3.8) is 0 Å². The predicted octanol–water partition coefficient (Wildman–Crippen LogP) is 8.38. The van der Waals surface area contributed by atoms with Crippen molar-refractivity contribution in [2.45, 2.75) is 20.0 Å². The van der Waals surface area contributed by atoms with E-state index in [4.69, 9.17) is 0 Å². The molecule has 0 saturated heterocycles. The summed E-state index contributed by atoms with van der Waals surface area (Å²) in [6.07, 6.45) is -4.37. The van der Waals surface area contributed by atoms with Crippen molar-refractivity contribution in [3.8, 4) is 0 Å². The maximum Gasteiger partial charge on any atom is 0.416 e.